The smallest absolute Gasteiger partial charge is 0.178 e. The van der Waals surface area contributed by atoms with E-state index in [0.717, 1.165) is 5.52 Å². The first-order valence-corrected chi connectivity index (χ1v) is 6.47. The Morgan fingerprint density at radius 3 is 2.81 bits per heavy atom. The molecule has 0 spiro atoms. The van der Waals surface area contributed by atoms with E-state index >= 15 is 0 Å². The minimum Gasteiger partial charge on any atom is -0.360 e. The van der Waals surface area contributed by atoms with Crippen LogP contribution in [0, 0.1) is 11.3 Å². The van der Waals surface area contributed by atoms with Gasteiger partial charge in [-0.1, -0.05) is 6.92 Å². The van der Waals surface area contributed by atoms with Gasteiger partial charge in [0.2, 0.25) is 0 Å². The first-order chi connectivity index (χ1) is 7.58. The highest BCUT2D eigenvalue weighted by Gasteiger charge is 2.13. The lowest BCUT2D eigenvalue weighted by Gasteiger charge is -2.01. The van der Waals surface area contributed by atoms with Gasteiger partial charge in [0.1, 0.15) is 6.07 Å². The molecule has 0 aliphatic rings. The number of rotatable bonds is 2. The molecule has 1 heterocycles. The molecule has 0 saturated carbocycles. The number of H-pyrrole nitrogens is 1. The van der Waals surface area contributed by atoms with E-state index in [1.54, 1.807) is 31.3 Å². The van der Waals surface area contributed by atoms with Gasteiger partial charge in [-0.05, 0) is 18.2 Å². The Kier molecular flexibility index (Phi) is 2.44. The molecule has 0 amide bonds. The second-order valence-electron chi connectivity index (χ2n) is 3.42. The maximum absolute atomic E-state index is 11.7. The number of benzene rings is 1. The fourth-order valence-corrected chi connectivity index (χ4v) is 2.46. The third-order valence-electron chi connectivity index (χ3n) is 2.51. The number of aromatic nitrogens is 1. The lowest BCUT2D eigenvalue weighted by atomic mass is 10.2. The Bertz CT molecular complexity index is 678. The SMILES string of the molecule is CCS(=O)(=O)c1ccc2[nH]cc(C#N)c2c1. The minimum atomic E-state index is -3.22. The molecule has 0 aliphatic carbocycles. The number of hydrogen-bond acceptors (Lipinski definition) is 3. The highest BCUT2D eigenvalue weighted by molar-refractivity contribution is 7.91. The second kappa shape index (κ2) is 3.65. The van der Waals surface area contributed by atoms with Gasteiger partial charge in [-0.2, -0.15) is 5.26 Å². The van der Waals surface area contributed by atoms with Crippen molar-refractivity contribution in [1.29, 1.82) is 5.26 Å². The maximum atomic E-state index is 11.7. The van der Waals surface area contributed by atoms with Crippen LogP contribution in [0.2, 0.25) is 0 Å². The maximum Gasteiger partial charge on any atom is 0.178 e. The molecule has 0 radical (unpaired) electrons. The standard InChI is InChI=1S/C11H10N2O2S/c1-2-16(14,15)9-3-4-11-10(5-9)8(6-12)7-13-11/h3-5,7,13H,2H2,1H3. The summed E-state index contributed by atoms with van der Waals surface area (Å²) in [6.07, 6.45) is 1.58. The zero-order valence-corrected chi connectivity index (χ0v) is 9.50. The average molecular weight is 234 g/mol. The lowest BCUT2D eigenvalue weighted by molar-refractivity contribution is 0.597. The van der Waals surface area contributed by atoms with Crippen LogP contribution in [0.3, 0.4) is 0 Å². The van der Waals surface area contributed by atoms with Crippen molar-refractivity contribution in [3.05, 3.63) is 30.0 Å². The number of hydrogen-bond donors (Lipinski definition) is 1. The Labute approximate surface area is 93.4 Å². The van der Waals surface area contributed by atoms with Gasteiger partial charge in [0.05, 0.1) is 16.2 Å². The van der Waals surface area contributed by atoms with Crippen molar-refractivity contribution in [1.82, 2.24) is 4.98 Å². The van der Waals surface area contributed by atoms with Gasteiger partial charge >= 0.3 is 0 Å². The molecule has 5 heteroatoms. The Morgan fingerprint density at radius 2 is 2.19 bits per heavy atom. The fourth-order valence-electron chi connectivity index (χ4n) is 1.55. The summed E-state index contributed by atoms with van der Waals surface area (Å²) in [6.45, 7) is 1.60. The molecule has 0 bridgehead atoms. The van der Waals surface area contributed by atoms with Crippen LogP contribution in [-0.2, 0) is 9.84 Å². The number of aromatic amines is 1. The Morgan fingerprint density at radius 1 is 1.44 bits per heavy atom. The first-order valence-electron chi connectivity index (χ1n) is 4.82. The highest BCUT2D eigenvalue weighted by atomic mass is 32.2. The normalized spacial score (nSPS) is 11.5. The Balaban J connectivity index is 2.73. The minimum absolute atomic E-state index is 0.0603. The molecule has 0 unspecified atom stereocenters. The number of fused-ring (bicyclic) bond motifs is 1. The van der Waals surface area contributed by atoms with E-state index < -0.39 is 9.84 Å². The van der Waals surface area contributed by atoms with Crippen LogP contribution < -0.4 is 0 Å². The van der Waals surface area contributed by atoms with E-state index in [4.69, 9.17) is 5.26 Å². The third-order valence-corrected chi connectivity index (χ3v) is 4.25. The Hall–Kier alpha value is -1.80. The van der Waals surface area contributed by atoms with Gasteiger partial charge in [0.25, 0.3) is 0 Å². The van der Waals surface area contributed by atoms with Crippen LogP contribution in [0.15, 0.2) is 29.3 Å². The number of sulfone groups is 1. The summed E-state index contributed by atoms with van der Waals surface area (Å²) in [5, 5.41) is 9.51. The molecular weight excluding hydrogens is 224 g/mol. The molecule has 16 heavy (non-hydrogen) atoms. The van der Waals surface area contributed by atoms with E-state index in [0.29, 0.717) is 10.9 Å². The predicted octanol–water partition coefficient (Wildman–Crippen LogP) is 1.83. The lowest BCUT2D eigenvalue weighted by Crippen LogP contribution is -2.03. The van der Waals surface area contributed by atoms with E-state index in [1.807, 2.05) is 6.07 Å². The van der Waals surface area contributed by atoms with Crippen LogP contribution in [0.1, 0.15) is 12.5 Å². The molecule has 0 fully saturated rings. The quantitative estimate of drug-likeness (QED) is 0.861. The van der Waals surface area contributed by atoms with Crippen LogP contribution >= 0.6 is 0 Å². The van der Waals surface area contributed by atoms with E-state index in [-0.39, 0.29) is 10.6 Å². The summed E-state index contributed by atoms with van der Waals surface area (Å²) >= 11 is 0. The molecule has 4 nitrogen and oxygen atoms in total. The van der Waals surface area contributed by atoms with Crippen LogP contribution in [0.4, 0.5) is 0 Å². The summed E-state index contributed by atoms with van der Waals surface area (Å²) in [4.78, 5) is 3.18. The van der Waals surface area contributed by atoms with Gasteiger partial charge in [-0.25, -0.2) is 8.42 Å². The predicted molar refractivity (Wildman–Crippen MR) is 60.7 cm³/mol. The third kappa shape index (κ3) is 1.57. The molecule has 2 rings (SSSR count). The van der Waals surface area contributed by atoms with Crippen molar-refractivity contribution in [2.24, 2.45) is 0 Å². The molecule has 82 valence electrons. The zero-order chi connectivity index (χ0) is 11.8. The van der Waals surface area contributed by atoms with Crippen molar-refractivity contribution in [2.75, 3.05) is 5.75 Å². The highest BCUT2D eigenvalue weighted by Crippen LogP contribution is 2.22. The monoisotopic (exact) mass is 234 g/mol. The largest absolute Gasteiger partial charge is 0.360 e. The second-order valence-corrected chi connectivity index (χ2v) is 5.70. The summed E-state index contributed by atoms with van der Waals surface area (Å²) in [7, 11) is -3.22. The van der Waals surface area contributed by atoms with E-state index in [2.05, 4.69) is 4.98 Å². The number of nitrogens with one attached hydrogen (secondary N) is 1. The molecule has 0 saturated heterocycles. The van der Waals surface area contributed by atoms with Gasteiger partial charge in [-0.15, -0.1) is 0 Å². The molecule has 1 N–H and O–H groups in total. The van der Waals surface area contributed by atoms with Crippen molar-refractivity contribution >= 4 is 20.7 Å². The molecule has 1 aromatic carbocycles. The van der Waals surface area contributed by atoms with Crippen LogP contribution in [0.25, 0.3) is 10.9 Å². The van der Waals surface area contributed by atoms with Crippen LogP contribution in [-0.4, -0.2) is 19.2 Å². The van der Waals surface area contributed by atoms with Crippen molar-refractivity contribution < 1.29 is 8.42 Å². The first kappa shape index (κ1) is 10.7. The van der Waals surface area contributed by atoms with Gasteiger partial charge < -0.3 is 4.98 Å². The fraction of sp³-hybridized carbons (Fsp3) is 0.182. The summed E-state index contributed by atoms with van der Waals surface area (Å²) in [5.74, 6) is 0.0603. The van der Waals surface area contributed by atoms with Crippen molar-refractivity contribution in [3.63, 3.8) is 0 Å². The van der Waals surface area contributed by atoms with Gasteiger partial charge in [0.15, 0.2) is 9.84 Å². The topological polar surface area (TPSA) is 73.7 Å². The van der Waals surface area contributed by atoms with Gasteiger partial charge in [-0.3, -0.25) is 0 Å². The van der Waals surface area contributed by atoms with Crippen LogP contribution in [0.5, 0.6) is 0 Å². The molecule has 2 aromatic rings. The van der Waals surface area contributed by atoms with E-state index in [1.165, 1.54) is 0 Å². The zero-order valence-electron chi connectivity index (χ0n) is 8.69. The summed E-state index contributed by atoms with van der Waals surface area (Å²) in [5.41, 5.74) is 1.23. The number of nitrogens with zero attached hydrogens (tertiary/aromatic N) is 1. The molecule has 0 atom stereocenters. The summed E-state index contributed by atoms with van der Waals surface area (Å²) < 4.78 is 23.3. The molecular formula is C11H10N2O2S. The van der Waals surface area contributed by atoms with Crippen molar-refractivity contribution in [2.45, 2.75) is 11.8 Å². The van der Waals surface area contributed by atoms with E-state index in [9.17, 15) is 8.42 Å². The number of nitriles is 1. The van der Waals surface area contributed by atoms with Crippen molar-refractivity contribution in [3.8, 4) is 6.07 Å². The molecule has 0 aliphatic heterocycles. The average Bonchev–Trinajstić information content (AvgIpc) is 2.70. The summed E-state index contributed by atoms with van der Waals surface area (Å²) in [6, 6.07) is 6.80. The van der Waals surface area contributed by atoms with Gasteiger partial charge in [0, 0.05) is 17.1 Å². The molecule has 1 aromatic heterocycles.